The molecule has 4 aromatic rings. The fourth-order valence-electron chi connectivity index (χ4n) is 5.67. The maximum atomic E-state index is 13.7. The second kappa shape index (κ2) is 15.4. The summed E-state index contributed by atoms with van der Waals surface area (Å²) in [5, 5.41) is 20.0. The zero-order valence-corrected chi connectivity index (χ0v) is 27.0. The first-order valence-corrected chi connectivity index (χ1v) is 16.1. The van der Waals surface area contributed by atoms with Crippen LogP contribution in [0.1, 0.15) is 64.2 Å². The van der Waals surface area contributed by atoms with Crippen molar-refractivity contribution >= 4 is 17.5 Å². The van der Waals surface area contributed by atoms with Gasteiger partial charge in [-0.3, -0.25) is 4.79 Å². The molecule has 1 aromatic heterocycles. The van der Waals surface area contributed by atoms with Crippen molar-refractivity contribution in [2.45, 2.75) is 57.8 Å². The Hall–Kier alpha value is -3.93. The van der Waals surface area contributed by atoms with Gasteiger partial charge in [0.05, 0.1) is 28.8 Å². The van der Waals surface area contributed by atoms with Gasteiger partial charge in [0.2, 0.25) is 0 Å². The van der Waals surface area contributed by atoms with Gasteiger partial charge in [-0.05, 0) is 107 Å². The number of likely N-dealkylation sites (tertiary alicyclic amines) is 1. The predicted octanol–water partition coefficient (Wildman–Crippen LogP) is 6.66. The summed E-state index contributed by atoms with van der Waals surface area (Å²) in [6, 6.07) is 27.9. The Morgan fingerprint density at radius 3 is 2.49 bits per heavy atom. The van der Waals surface area contributed by atoms with Gasteiger partial charge < -0.3 is 25.3 Å². The predicted molar refractivity (Wildman–Crippen MR) is 180 cm³/mol. The summed E-state index contributed by atoms with van der Waals surface area (Å²) in [6.45, 7) is 7.55. The minimum absolute atomic E-state index is 0.165. The fraction of sp³-hybridized carbons (Fsp3) is 0.351. The molecule has 7 nitrogen and oxygen atoms in total. The van der Waals surface area contributed by atoms with Gasteiger partial charge in [-0.2, -0.15) is 5.26 Å². The molecule has 0 saturated carbocycles. The monoisotopic (exact) mass is 623 g/mol. The van der Waals surface area contributed by atoms with Crippen LogP contribution >= 0.6 is 11.6 Å². The van der Waals surface area contributed by atoms with Gasteiger partial charge in [0.1, 0.15) is 11.5 Å². The lowest BCUT2D eigenvalue weighted by Gasteiger charge is -2.31. The third kappa shape index (κ3) is 9.06. The zero-order chi connectivity index (χ0) is 31.8. The van der Waals surface area contributed by atoms with Crippen LogP contribution in [0.25, 0.3) is 11.3 Å². The third-order valence-electron chi connectivity index (χ3n) is 8.59. The first-order valence-electron chi connectivity index (χ1n) is 15.7. The highest BCUT2D eigenvalue weighted by atomic mass is 35.5. The highest BCUT2D eigenvalue weighted by molar-refractivity contribution is 6.34. The van der Waals surface area contributed by atoms with Crippen LogP contribution in [0.4, 0.5) is 0 Å². The molecule has 1 aliphatic heterocycles. The molecule has 0 unspecified atom stereocenters. The molecule has 2 heterocycles. The van der Waals surface area contributed by atoms with Gasteiger partial charge in [0.25, 0.3) is 5.91 Å². The molecule has 1 amide bonds. The summed E-state index contributed by atoms with van der Waals surface area (Å²) in [6.07, 6.45) is 2.78. The normalized spacial score (nSPS) is 15.4. The largest absolute Gasteiger partial charge is 0.460 e. The quantitative estimate of drug-likeness (QED) is 0.164. The van der Waals surface area contributed by atoms with E-state index in [4.69, 9.17) is 16.0 Å². The Morgan fingerprint density at radius 2 is 1.78 bits per heavy atom. The summed E-state index contributed by atoms with van der Waals surface area (Å²) >= 11 is 6.57. The molecule has 1 saturated heterocycles. The minimum atomic E-state index is -0.231. The minimum Gasteiger partial charge on any atom is -0.460 e. The third-order valence-corrected chi connectivity index (χ3v) is 8.92. The zero-order valence-electron chi connectivity index (χ0n) is 26.3. The molecule has 1 aliphatic rings. The van der Waals surface area contributed by atoms with Gasteiger partial charge in [0, 0.05) is 30.2 Å². The summed E-state index contributed by atoms with van der Waals surface area (Å²) in [7, 11) is 2.15. The van der Waals surface area contributed by atoms with E-state index >= 15 is 0 Å². The molecule has 8 heteroatoms. The maximum absolute atomic E-state index is 13.7. The molecule has 0 bridgehead atoms. The number of rotatable bonds is 12. The van der Waals surface area contributed by atoms with Crippen molar-refractivity contribution in [3.63, 3.8) is 0 Å². The first kappa shape index (κ1) is 32.5. The lowest BCUT2D eigenvalue weighted by Crippen LogP contribution is -2.48. The van der Waals surface area contributed by atoms with Crippen molar-refractivity contribution in [1.29, 1.82) is 5.26 Å². The van der Waals surface area contributed by atoms with Crippen LogP contribution in [-0.4, -0.2) is 49.6 Å². The average Bonchev–Trinajstić information content (AvgIpc) is 3.53. The molecule has 0 spiro atoms. The van der Waals surface area contributed by atoms with Crippen molar-refractivity contribution in [3.8, 4) is 17.4 Å². The number of halogens is 1. The number of carbonyl (C=O) groups is 1. The van der Waals surface area contributed by atoms with E-state index in [1.54, 1.807) is 12.1 Å². The highest BCUT2D eigenvalue weighted by Crippen LogP contribution is 2.27. The molecule has 2 atom stereocenters. The number of hydrogen-bond acceptors (Lipinski definition) is 6. The van der Waals surface area contributed by atoms with Crippen LogP contribution in [0.3, 0.4) is 0 Å². The number of amides is 1. The number of furan rings is 1. The molecule has 1 fully saturated rings. The van der Waals surface area contributed by atoms with Gasteiger partial charge in [-0.25, -0.2) is 0 Å². The number of nitrogens with one attached hydrogen (secondary N) is 3. The topological polar surface area (TPSA) is 93.3 Å². The number of nitrogens with zero attached hydrogens (tertiary/aromatic N) is 2. The maximum Gasteiger partial charge on any atom is 0.253 e. The average molecular weight is 624 g/mol. The summed E-state index contributed by atoms with van der Waals surface area (Å²) < 4.78 is 6.17. The Bertz CT molecular complexity index is 1600. The van der Waals surface area contributed by atoms with E-state index in [1.165, 1.54) is 11.1 Å². The van der Waals surface area contributed by atoms with E-state index in [0.29, 0.717) is 47.5 Å². The number of aryl methyl sites for hydroxylation is 1. The Kier molecular flexibility index (Phi) is 11.1. The van der Waals surface area contributed by atoms with Crippen molar-refractivity contribution in [2.24, 2.45) is 0 Å². The first-order chi connectivity index (χ1) is 21.8. The SMILES string of the molecule is Cc1ccc([C@@H](C)NCc2ccc(-c3ccc(Cl)c(C(=O)N[C@@H](CNC4CCN(C)CC4)Cc4ccc(C#N)cc4)c3)o2)cc1. The van der Waals surface area contributed by atoms with Crippen LogP contribution in [0.5, 0.6) is 0 Å². The van der Waals surface area contributed by atoms with Crippen molar-refractivity contribution in [2.75, 3.05) is 26.7 Å². The van der Waals surface area contributed by atoms with Gasteiger partial charge in [-0.15, -0.1) is 0 Å². The van der Waals surface area contributed by atoms with Crippen molar-refractivity contribution in [3.05, 3.63) is 117 Å². The molecular formula is C37H42ClN5O2. The van der Waals surface area contributed by atoms with E-state index in [2.05, 4.69) is 72.1 Å². The number of carbonyl (C=O) groups excluding carboxylic acids is 1. The molecule has 0 aliphatic carbocycles. The fourth-order valence-corrected chi connectivity index (χ4v) is 5.87. The van der Waals surface area contributed by atoms with Crippen LogP contribution in [0, 0.1) is 18.3 Å². The van der Waals surface area contributed by atoms with E-state index < -0.39 is 0 Å². The lowest BCUT2D eigenvalue weighted by atomic mass is 10.0. The Labute approximate surface area is 271 Å². The Morgan fingerprint density at radius 1 is 1.04 bits per heavy atom. The number of benzene rings is 3. The van der Waals surface area contributed by atoms with E-state index in [9.17, 15) is 10.1 Å². The van der Waals surface area contributed by atoms with E-state index in [0.717, 1.165) is 42.8 Å². The lowest BCUT2D eigenvalue weighted by molar-refractivity contribution is 0.0935. The van der Waals surface area contributed by atoms with E-state index in [-0.39, 0.29) is 18.0 Å². The number of nitriles is 1. The standard InChI is InChI=1S/C37H42ClN5O2/c1-25-4-10-29(11-5-25)26(2)40-24-33-13-15-36(45-33)30-12-14-35(38)34(21-30)37(44)42-32(20-27-6-8-28(22-39)9-7-27)23-41-31-16-18-43(3)19-17-31/h4-15,21,26,31-32,40-41H,16-20,23-24H2,1-3H3,(H,42,44)/t26-,32-/m1/s1. The molecule has 234 valence electrons. The summed E-state index contributed by atoms with van der Waals surface area (Å²) in [5.41, 5.74) is 5.32. The molecule has 5 rings (SSSR count). The summed E-state index contributed by atoms with van der Waals surface area (Å²) in [5.74, 6) is 1.26. The second-order valence-corrected chi connectivity index (χ2v) is 12.6. The van der Waals surface area contributed by atoms with Gasteiger partial charge in [-0.1, -0.05) is 53.6 Å². The van der Waals surface area contributed by atoms with E-state index in [1.807, 2.05) is 42.5 Å². The number of piperidine rings is 1. The second-order valence-electron chi connectivity index (χ2n) is 12.1. The van der Waals surface area contributed by atoms with Gasteiger partial charge in [0.15, 0.2) is 0 Å². The smallest absolute Gasteiger partial charge is 0.253 e. The molecular weight excluding hydrogens is 582 g/mol. The van der Waals surface area contributed by atoms with Crippen molar-refractivity contribution in [1.82, 2.24) is 20.9 Å². The van der Waals surface area contributed by atoms with Crippen LogP contribution in [0.2, 0.25) is 5.02 Å². The Balaban J connectivity index is 1.25. The summed E-state index contributed by atoms with van der Waals surface area (Å²) in [4.78, 5) is 16.0. The van der Waals surface area contributed by atoms with Crippen LogP contribution in [0.15, 0.2) is 83.3 Å². The highest BCUT2D eigenvalue weighted by Gasteiger charge is 2.21. The van der Waals surface area contributed by atoms with Crippen LogP contribution in [-0.2, 0) is 13.0 Å². The van der Waals surface area contributed by atoms with Crippen LogP contribution < -0.4 is 16.0 Å². The molecule has 0 radical (unpaired) electrons. The number of hydrogen-bond donors (Lipinski definition) is 3. The molecule has 45 heavy (non-hydrogen) atoms. The van der Waals surface area contributed by atoms with Crippen molar-refractivity contribution < 1.29 is 9.21 Å². The van der Waals surface area contributed by atoms with Gasteiger partial charge >= 0.3 is 0 Å². The molecule has 3 N–H and O–H groups in total. The molecule has 3 aromatic carbocycles.